The zero-order valence-electron chi connectivity index (χ0n) is 22.3. The van der Waals surface area contributed by atoms with E-state index < -0.39 is 0 Å². The average molecular weight is 505 g/mol. The lowest BCUT2D eigenvalue weighted by atomic mass is 9.86. The number of benzene rings is 3. The van der Waals surface area contributed by atoms with E-state index in [2.05, 4.69) is 24.4 Å². The van der Waals surface area contributed by atoms with Crippen LogP contribution < -0.4 is 24.3 Å². The summed E-state index contributed by atoms with van der Waals surface area (Å²) in [5.74, 6) is 2.99. The standard InChI is InChI=1S/C30H36N2O5/c1-6-31-30(33)32-15-13-22-18-27(36-5)28(37-16-14-21-7-9-23(34-3)10-8-21)19-26(22)29(32)25-12-11-24(35-4)17-20(25)2/h7-12,17-19,29H,6,13-16H2,1-5H3,(H,31,33). The average Bonchev–Trinajstić information content (AvgIpc) is 2.92. The van der Waals surface area contributed by atoms with Crippen molar-refractivity contribution in [1.29, 1.82) is 0 Å². The molecule has 1 atom stereocenters. The van der Waals surface area contributed by atoms with Gasteiger partial charge in [-0.05, 0) is 84.5 Å². The molecule has 196 valence electrons. The Balaban J connectivity index is 1.68. The SMILES string of the molecule is CCNC(=O)N1CCc2cc(OC)c(OCCc3ccc(OC)cc3)cc2C1c1ccc(OC)cc1C. The van der Waals surface area contributed by atoms with Crippen LogP contribution in [-0.2, 0) is 12.8 Å². The Kier molecular flexibility index (Phi) is 8.43. The van der Waals surface area contributed by atoms with Crippen molar-refractivity contribution in [2.24, 2.45) is 0 Å². The van der Waals surface area contributed by atoms with Gasteiger partial charge in [-0.3, -0.25) is 0 Å². The Bertz CT molecular complexity index is 1230. The first-order chi connectivity index (χ1) is 18.0. The summed E-state index contributed by atoms with van der Waals surface area (Å²) in [5, 5.41) is 2.98. The second-order valence-electron chi connectivity index (χ2n) is 9.05. The number of carbonyl (C=O) groups excluding carboxylic acids is 1. The molecule has 7 nitrogen and oxygen atoms in total. The van der Waals surface area contributed by atoms with Gasteiger partial charge in [-0.25, -0.2) is 4.79 Å². The summed E-state index contributed by atoms with van der Waals surface area (Å²) in [6.45, 7) is 5.66. The van der Waals surface area contributed by atoms with Crippen LogP contribution in [0.25, 0.3) is 0 Å². The van der Waals surface area contributed by atoms with E-state index in [1.807, 2.05) is 54.3 Å². The van der Waals surface area contributed by atoms with Crippen molar-refractivity contribution in [2.45, 2.75) is 32.7 Å². The van der Waals surface area contributed by atoms with E-state index in [0.29, 0.717) is 31.2 Å². The Morgan fingerprint density at radius 1 is 0.919 bits per heavy atom. The highest BCUT2D eigenvalue weighted by Gasteiger charge is 2.34. The molecule has 7 heteroatoms. The van der Waals surface area contributed by atoms with Crippen molar-refractivity contribution in [1.82, 2.24) is 10.2 Å². The molecule has 0 aromatic heterocycles. The van der Waals surface area contributed by atoms with Gasteiger partial charge in [0.05, 0.1) is 34.0 Å². The van der Waals surface area contributed by atoms with E-state index in [-0.39, 0.29) is 12.1 Å². The minimum absolute atomic E-state index is 0.0776. The second-order valence-corrected chi connectivity index (χ2v) is 9.05. The molecule has 0 radical (unpaired) electrons. The summed E-state index contributed by atoms with van der Waals surface area (Å²) in [4.78, 5) is 15.0. The van der Waals surface area contributed by atoms with Crippen molar-refractivity contribution in [3.63, 3.8) is 0 Å². The van der Waals surface area contributed by atoms with E-state index >= 15 is 0 Å². The van der Waals surface area contributed by atoms with Crippen LogP contribution in [0.15, 0.2) is 54.6 Å². The fourth-order valence-electron chi connectivity index (χ4n) is 4.86. The van der Waals surface area contributed by atoms with Gasteiger partial charge in [-0.15, -0.1) is 0 Å². The first kappa shape index (κ1) is 26.2. The summed E-state index contributed by atoms with van der Waals surface area (Å²) in [6, 6.07) is 17.8. The number of urea groups is 1. The number of ether oxygens (including phenoxy) is 4. The van der Waals surface area contributed by atoms with Crippen LogP contribution in [0.1, 0.15) is 40.8 Å². The van der Waals surface area contributed by atoms with Gasteiger partial charge in [0.15, 0.2) is 11.5 Å². The van der Waals surface area contributed by atoms with Crippen molar-refractivity contribution in [3.05, 3.63) is 82.4 Å². The number of amides is 2. The van der Waals surface area contributed by atoms with Crippen molar-refractivity contribution >= 4 is 6.03 Å². The number of hydrogen-bond donors (Lipinski definition) is 1. The zero-order valence-corrected chi connectivity index (χ0v) is 22.3. The third kappa shape index (κ3) is 5.77. The molecule has 1 aliphatic rings. The topological polar surface area (TPSA) is 69.3 Å². The first-order valence-corrected chi connectivity index (χ1v) is 12.6. The second kappa shape index (κ2) is 11.9. The lowest BCUT2D eigenvalue weighted by Crippen LogP contribution is -2.46. The summed E-state index contributed by atoms with van der Waals surface area (Å²) >= 11 is 0. The highest BCUT2D eigenvalue weighted by molar-refractivity contribution is 5.76. The van der Waals surface area contributed by atoms with Crippen LogP contribution in [0.3, 0.4) is 0 Å². The monoisotopic (exact) mass is 504 g/mol. The molecule has 1 aliphatic heterocycles. The smallest absolute Gasteiger partial charge is 0.318 e. The molecule has 2 amide bonds. The maximum absolute atomic E-state index is 13.1. The highest BCUT2D eigenvalue weighted by atomic mass is 16.5. The largest absolute Gasteiger partial charge is 0.497 e. The molecular weight excluding hydrogens is 468 g/mol. The summed E-state index contributed by atoms with van der Waals surface area (Å²) in [5.41, 5.74) is 5.48. The number of methoxy groups -OCH3 is 3. The number of fused-ring (bicyclic) bond motifs is 1. The van der Waals surface area contributed by atoms with E-state index in [9.17, 15) is 4.79 Å². The number of nitrogens with zero attached hydrogens (tertiary/aromatic N) is 1. The molecule has 0 bridgehead atoms. The van der Waals surface area contributed by atoms with Gasteiger partial charge in [0.25, 0.3) is 0 Å². The predicted molar refractivity (Wildman–Crippen MR) is 144 cm³/mol. The van der Waals surface area contributed by atoms with Gasteiger partial charge in [0.2, 0.25) is 0 Å². The number of nitrogens with one attached hydrogen (secondary N) is 1. The van der Waals surface area contributed by atoms with Gasteiger partial charge in [-0.2, -0.15) is 0 Å². The van der Waals surface area contributed by atoms with Crippen molar-refractivity contribution < 1.29 is 23.7 Å². The Labute approximate surface area is 219 Å². The normalized spacial score (nSPS) is 14.5. The number of carbonyl (C=O) groups is 1. The predicted octanol–water partition coefficient (Wildman–Crippen LogP) is 5.32. The number of aryl methyl sites for hydroxylation is 1. The van der Waals surface area contributed by atoms with Crippen molar-refractivity contribution in [3.8, 4) is 23.0 Å². The van der Waals surface area contributed by atoms with E-state index in [1.165, 1.54) is 0 Å². The molecule has 0 spiro atoms. The van der Waals surface area contributed by atoms with Crippen LogP contribution in [-0.4, -0.2) is 52.0 Å². The maximum Gasteiger partial charge on any atom is 0.318 e. The summed E-state index contributed by atoms with van der Waals surface area (Å²) < 4.78 is 22.6. The van der Waals surface area contributed by atoms with E-state index in [4.69, 9.17) is 18.9 Å². The van der Waals surface area contributed by atoms with Gasteiger partial charge in [-0.1, -0.05) is 18.2 Å². The molecule has 0 fully saturated rings. The molecule has 1 N–H and O–H groups in total. The van der Waals surface area contributed by atoms with Crippen LogP contribution in [0.4, 0.5) is 4.79 Å². The molecule has 0 saturated carbocycles. The molecule has 3 aromatic carbocycles. The van der Waals surface area contributed by atoms with Crippen LogP contribution >= 0.6 is 0 Å². The Morgan fingerprint density at radius 3 is 2.30 bits per heavy atom. The molecule has 0 saturated heterocycles. The minimum atomic E-state index is -0.254. The lowest BCUT2D eigenvalue weighted by Gasteiger charge is -2.38. The summed E-state index contributed by atoms with van der Waals surface area (Å²) in [6.07, 6.45) is 1.48. The molecular formula is C30H36N2O5. The molecule has 3 aromatic rings. The quantitative estimate of drug-likeness (QED) is 0.427. The molecule has 37 heavy (non-hydrogen) atoms. The molecule has 0 aliphatic carbocycles. The maximum atomic E-state index is 13.1. The lowest BCUT2D eigenvalue weighted by molar-refractivity contribution is 0.180. The Hall–Kier alpha value is -3.87. The van der Waals surface area contributed by atoms with Crippen LogP contribution in [0.2, 0.25) is 0 Å². The minimum Gasteiger partial charge on any atom is -0.497 e. The van der Waals surface area contributed by atoms with Gasteiger partial charge < -0.3 is 29.2 Å². The van der Waals surface area contributed by atoms with E-state index in [0.717, 1.165) is 52.2 Å². The van der Waals surface area contributed by atoms with E-state index in [1.54, 1.807) is 21.3 Å². The Morgan fingerprint density at radius 2 is 1.65 bits per heavy atom. The molecule has 1 unspecified atom stereocenters. The summed E-state index contributed by atoms with van der Waals surface area (Å²) in [7, 11) is 4.98. The first-order valence-electron chi connectivity index (χ1n) is 12.6. The van der Waals surface area contributed by atoms with Crippen LogP contribution in [0.5, 0.6) is 23.0 Å². The van der Waals surface area contributed by atoms with Crippen molar-refractivity contribution in [2.75, 3.05) is 41.0 Å². The fraction of sp³-hybridized carbons (Fsp3) is 0.367. The van der Waals surface area contributed by atoms with Gasteiger partial charge in [0.1, 0.15) is 11.5 Å². The van der Waals surface area contributed by atoms with Gasteiger partial charge >= 0.3 is 6.03 Å². The number of hydrogen-bond acceptors (Lipinski definition) is 5. The number of rotatable bonds is 9. The zero-order chi connectivity index (χ0) is 26.4. The van der Waals surface area contributed by atoms with Gasteiger partial charge in [0, 0.05) is 19.5 Å². The fourth-order valence-corrected chi connectivity index (χ4v) is 4.86. The third-order valence-corrected chi connectivity index (χ3v) is 6.82. The van der Waals surface area contributed by atoms with Crippen LogP contribution in [0, 0.1) is 6.92 Å². The highest BCUT2D eigenvalue weighted by Crippen LogP contribution is 2.42. The molecule has 4 rings (SSSR count). The third-order valence-electron chi connectivity index (χ3n) is 6.82. The molecule has 1 heterocycles.